The van der Waals surface area contributed by atoms with Crippen LogP contribution in [0.1, 0.15) is 50.5 Å². The number of halogens is 1. The highest BCUT2D eigenvalue weighted by Gasteiger charge is 2.30. The lowest BCUT2D eigenvalue weighted by molar-refractivity contribution is -0.123. The van der Waals surface area contributed by atoms with E-state index in [1.807, 2.05) is 12.1 Å². The predicted octanol–water partition coefficient (Wildman–Crippen LogP) is 3.24. The summed E-state index contributed by atoms with van der Waals surface area (Å²) < 4.78 is 13.0. The summed E-state index contributed by atoms with van der Waals surface area (Å²) in [6.45, 7) is 1.18. The molecule has 0 aromatic heterocycles. The molecule has 0 atom stereocenters. The standard InChI is InChI=1S/C18H25FN2O/c19-15-8-6-14(7-9-15)12-21(17-10-11-17)13-18(22)20-16-4-2-1-3-5-16/h6-9,16-17H,1-5,10-13H2,(H,20,22). The van der Waals surface area contributed by atoms with E-state index >= 15 is 0 Å². The lowest BCUT2D eigenvalue weighted by atomic mass is 9.95. The maximum Gasteiger partial charge on any atom is 0.234 e. The van der Waals surface area contributed by atoms with Gasteiger partial charge in [-0.3, -0.25) is 9.69 Å². The summed E-state index contributed by atoms with van der Waals surface area (Å²) in [4.78, 5) is 14.5. The molecule has 2 aliphatic carbocycles. The summed E-state index contributed by atoms with van der Waals surface area (Å²) in [5.41, 5.74) is 1.07. The Labute approximate surface area is 131 Å². The molecular weight excluding hydrogens is 279 g/mol. The Morgan fingerprint density at radius 1 is 1.09 bits per heavy atom. The Morgan fingerprint density at radius 3 is 2.41 bits per heavy atom. The van der Waals surface area contributed by atoms with Crippen LogP contribution in [0.5, 0.6) is 0 Å². The molecule has 0 spiro atoms. The summed E-state index contributed by atoms with van der Waals surface area (Å²) in [6.07, 6.45) is 8.32. The average molecular weight is 304 g/mol. The third-order valence-electron chi connectivity index (χ3n) is 4.68. The highest BCUT2D eigenvalue weighted by atomic mass is 19.1. The van der Waals surface area contributed by atoms with Crippen molar-refractivity contribution in [2.24, 2.45) is 0 Å². The van der Waals surface area contributed by atoms with E-state index in [-0.39, 0.29) is 11.7 Å². The van der Waals surface area contributed by atoms with Crippen molar-refractivity contribution in [2.45, 2.75) is 63.6 Å². The Bertz CT molecular complexity index is 492. The van der Waals surface area contributed by atoms with Crippen LogP contribution in [0.3, 0.4) is 0 Å². The van der Waals surface area contributed by atoms with E-state index in [0.29, 0.717) is 18.6 Å². The van der Waals surface area contributed by atoms with Crippen LogP contribution in [0.25, 0.3) is 0 Å². The van der Waals surface area contributed by atoms with Crippen molar-refractivity contribution < 1.29 is 9.18 Å². The number of hydrogen-bond acceptors (Lipinski definition) is 2. The molecule has 2 fully saturated rings. The Balaban J connectivity index is 1.52. The monoisotopic (exact) mass is 304 g/mol. The third kappa shape index (κ3) is 4.54. The van der Waals surface area contributed by atoms with E-state index in [9.17, 15) is 9.18 Å². The van der Waals surface area contributed by atoms with Crippen molar-refractivity contribution >= 4 is 5.91 Å². The van der Waals surface area contributed by atoms with E-state index in [4.69, 9.17) is 0 Å². The lowest BCUT2D eigenvalue weighted by Crippen LogP contribution is -2.43. The first-order valence-electron chi connectivity index (χ1n) is 8.48. The fraction of sp³-hybridized carbons (Fsp3) is 0.611. The Kier molecular flexibility index (Phi) is 5.08. The molecule has 0 radical (unpaired) electrons. The van der Waals surface area contributed by atoms with Gasteiger partial charge in [-0.05, 0) is 43.4 Å². The van der Waals surface area contributed by atoms with Crippen LogP contribution in [-0.4, -0.2) is 29.4 Å². The number of carbonyl (C=O) groups excluding carboxylic acids is 1. The first-order chi connectivity index (χ1) is 10.7. The van der Waals surface area contributed by atoms with Crippen LogP contribution in [0.15, 0.2) is 24.3 Å². The number of nitrogens with zero attached hydrogens (tertiary/aromatic N) is 1. The smallest absolute Gasteiger partial charge is 0.234 e. The number of nitrogens with one attached hydrogen (secondary N) is 1. The lowest BCUT2D eigenvalue weighted by Gasteiger charge is -2.26. The number of amides is 1. The van der Waals surface area contributed by atoms with Crippen LogP contribution >= 0.6 is 0 Å². The molecule has 120 valence electrons. The van der Waals surface area contributed by atoms with Crippen LogP contribution in [-0.2, 0) is 11.3 Å². The van der Waals surface area contributed by atoms with Crippen LogP contribution in [0.4, 0.5) is 4.39 Å². The molecule has 2 saturated carbocycles. The van der Waals surface area contributed by atoms with Gasteiger partial charge in [-0.25, -0.2) is 4.39 Å². The minimum atomic E-state index is -0.211. The van der Waals surface area contributed by atoms with Gasteiger partial charge in [-0.15, -0.1) is 0 Å². The highest BCUT2D eigenvalue weighted by Crippen LogP contribution is 2.28. The maximum atomic E-state index is 13.0. The fourth-order valence-electron chi connectivity index (χ4n) is 3.28. The van der Waals surface area contributed by atoms with E-state index in [0.717, 1.165) is 37.8 Å². The van der Waals surface area contributed by atoms with E-state index in [2.05, 4.69) is 10.2 Å². The molecule has 0 heterocycles. The summed E-state index contributed by atoms with van der Waals surface area (Å²) in [7, 11) is 0. The number of rotatable bonds is 6. The molecule has 1 aromatic rings. The van der Waals surface area contributed by atoms with E-state index in [1.165, 1.54) is 31.4 Å². The molecule has 0 aliphatic heterocycles. The van der Waals surface area contributed by atoms with Crippen molar-refractivity contribution in [2.75, 3.05) is 6.54 Å². The van der Waals surface area contributed by atoms with Gasteiger partial charge in [-0.1, -0.05) is 31.4 Å². The van der Waals surface area contributed by atoms with Gasteiger partial charge in [0.15, 0.2) is 0 Å². The van der Waals surface area contributed by atoms with Crippen LogP contribution in [0.2, 0.25) is 0 Å². The molecule has 4 heteroatoms. The quantitative estimate of drug-likeness (QED) is 0.875. The fourth-order valence-corrected chi connectivity index (χ4v) is 3.28. The van der Waals surface area contributed by atoms with Crippen molar-refractivity contribution in [3.05, 3.63) is 35.6 Å². The first kappa shape index (κ1) is 15.5. The number of carbonyl (C=O) groups is 1. The molecule has 2 aliphatic rings. The average Bonchev–Trinajstić information content (AvgIpc) is 3.34. The molecule has 3 rings (SSSR count). The minimum Gasteiger partial charge on any atom is -0.352 e. The first-order valence-corrected chi connectivity index (χ1v) is 8.48. The summed E-state index contributed by atoms with van der Waals surface area (Å²) >= 11 is 0. The van der Waals surface area contributed by atoms with E-state index < -0.39 is 0 Å². The molecule has 0 saturated heterocycles. The van der Waals surface area contributed by atoms with Gasteiger partial charge in [-0.2, -0.15) is 0 Å². The summed E-state index contributed by atoms with van der Waals surface area (Å²) in [5, 5.41) is 3.19. The zero-order valence-corrected chi connectivity index (χ0v) is 13.1. The number of benzene rings is 1. The molecule has 1 amide bonds. The van der Waals surface area contributed by atoms with Gasteiger partial charge in [0.1, 0.15) is 5.82 Å². The zero-order valence-electron chi connectivity index (χ0n) is 13.1. The maximum absolute atomic E-state index is 13.0. The Morgan fingerprint density at radius 2 is 1.77 bits per heavy atom. The second-order valence-electron chi connectivity index (χ2n) is 6.67. The molecule has 0 bridgehead atoms. The van der Waals surface area contributed by atoms with E-state index in [1.54, 1.807) is 0 Å². The summed E-state index contributed by atoms with van der Waals surface area (Å²) in [5.74, 6) is -0.0716. The molecule has 1 N–H and O–H groups in total. The third-order valence-corrected chi connectivity index (χ3v) is 4.68. The van der Waals surface area contributed by atoms with Crippen molar-refractivity contribution in [1.29, 1.82) is 0 Å². The predicted molar refractivity (Wildman–Crippen MR) is 84.8 cm³/mol. The van der Waals surface area contributed by atoms with Crippen molar-refractivity contribution in [1.82, 2.24) is 10.2 Å². The summed E-state index contributed by atoms with van der Waals surface area (Å²) in [6, 6.07) is 7.48. The minimum absolute atomic E-state index is 0.140. The van der Waals surface area contributed by atoms with Crippen molar-refractivity contribution in [3.63, 3.8) is 0 Å². The molecular formula is C18H25FN2O. The second kappa shape index (κ2) is 7.23. The van der Waals surface area contributed by atoms with Crippen molar-refractivity contribution in [3.8, 4) is 0 Å². The Hall–Kier alpha value is -1.42. The zero-order chi connectivity index (χ0) is 15.4. The molecule has 22 heavy (non-hydrogen) atoms. The molecule has 0 unspecified atom stereocenters. The highest BCUT2D eigenvalue weighted by molar-refractivity contribution is 5.78. The molecule has 1 aromatic carbocycles. The second-order valence-corrected chi connectivity index (χ2v) is 6.67. The SMILES string of the molecule is O=C(CN(Cc1ccc(F)cc1)C1CC1)NC1CCCCC1. The van der Waals surface area contributed by atoms with Gasteiger partial charge in [0.25, 0.3) is 0 Å². The van der Waals surface area contributed by atoms with Crippen LogP contribution < -0.4 is 5.32 Å². The normalized spacial score (nSPS) is 19.4. The van der Waals surface area contributed by atoms with Gasteiger partial charge in [0, 0.05) is 18.6 Å². The van der Waals surface area contributed by atoms with Gasteiger partial charge in [0.05, 0.1) is 6.54 Å². The van der Waals surface area contributed by atoms with Crippen LogP contribution in [0, 0.1) is 5.82 Å². The van der Waals surface area contributed by atoms with Gasteiger partial charge >= 0.3 is 0 Å². The number of hydrogen-bond donors (Lipinski definition) is 1. The largest absolute Gasteiger partial charge is 0.352 e. The van der Waals surface area contributed by atoms with Gasteiger partial charge in [0.2, 0.25) is 5.91 Å². The molecule has 3 nitrogen and oxygen atoms in total. The van der Waals surface area contributed by atoms with Gasteiger partial charge < -0.3 is 5.32 Å². The topological polar surface area (TPSA) is 32.3 Å².